The van der Waals surface area contributed by atoms with Crippen molar-refractivity contribution in [3.63, 3.8) is 0 Å². The average Bonchev–Trinajstić information content (AvgIpc) is 3.08. The van der Waals surface area contributed by atoms with Gasteiger partial charge in [-0.05, 0) is 36.2 Å². The molecule has 2 N–H and O–H groups in total. The van der Waals surface area contributed by atoms with Gasteiger partial charge in [0.2, 0.25) is 5.91 Å². The number of nitrogens with zero attached hydrogens (tertiary/aromatic N) is 1. The molecule has 0 aromatic heterocycles. The number of hydrogen-bond acceptors (Lipinski definition) is 4. The van der Waals surface area contributed by atoms with Crippen molar-refractivity contribution < 1.29 is 19.1 Å². The Morgan fingerprint density at radius 1 is 1.11 bits per heavy atom. The third-order valence-corrected chi connectivity index (χ3v) is 4.68. The number of ether oxygens (including phenoxy) is 2. The number of urea groups is 1. The molecule has 7 nitrogen and oxygen atoms in total. The van der Waals surface area contributed by atoms with Crippen LogP contribution in [0.15, 0.2) is 48.5 Å². The molecule has 148 valence electrons. The lowest BCUT2D eigenvalue weighted by Gasteiger charge is -2.17. The predicted molar refractivity (Wildman–Crippen MR) is 107 cm³/mol. The van der Waals surface area contributed by atoms with Gasteiger partial charge in [-0.2, -0.15) is 0 Å². The number of carbonyl (C=O) groups is 2. The Bertz CT molecular complexity index is 826. The van der Waals surface area contributed by atoms with Gasteiger partial charge in [0.05, 0.1) is 20.3 Å². The van der Waals surface area contributed by atoms with Crippen molar-refractivity contribution in [3.8, 4) is 11.5 Å². The first-order chi connectivity index (χ1) is 13.6. The van der Waals surface area contributed by atoms with Crippen LogP contribution in [0.4, 0.5) is 10.5 Å². The van der Waals surface area contributed by atoms with Crippen molar-refractivity contribution in [1.82, 2.24) is 10.6 Å². The molecular formula is C21H25N3O4. The van der Waals surface area contributed by atoms with Gasteiger partial charge in [0, 0.05) is 25.2 Å². The second kappa shape index (κ2) is 9.12. The van der Waals surface area contributed by atoms with Crippen molar-refractivity contribution >= 4 is 17.6 Å². The maximum atomic E-state index is 12.2. The normalized spacial score (nSPS) is 16.0. The molecule has 0 unspecified atom stereocenters. The molecule has 2 aromatic carbocycles. The minimum atomic E-state index is -0.270. The zero-order chi connectivity index (χ0) is 19.9. The molecule has 0 bridgehead atoms. The van der Waals surface area contributed by atoms with Gasteiger partial charge in [0.15, 0.2) is 11.5 Å². The fourth-order valence-corrected chi connectivity index (χ4v) is 3.25. The van der Waals surface area contributed by atoms with E-state index in [4.69, 9.17) is 9.47 Å². The van der Waals surface area contributed by atoms with Gasteiger partial charge in [-0.1, -0.05) is 24.3 Å². The van der Waals surface area contributed by atoms with Gasteiger partial charge in [-0.15, -0.1) is 0 Å². The summed E-state index contributed by atoms with van der Waals surface area (Å²) in [6.07, 6.45) is 0.964. The van der Waals surface area contributed by atoms with Crippen LogP contribution in [0.1, 0.15) is 12.0 Å². The molecule has 1 fully saturated rings. The number of carbonyl (C=O) groups excluding carboxylic acids is 2. The van der Waals surface area contributed by atoms with Crippen LogP contribution in [0.5, 0.6) is 11.5 Å². The molecule has 0 spiro atoms. The summed E-state index contributed by atoms with van der Waals surface area (Å²) < 4.78 is 10.5. The first-order valence-corrected chi connectivity index (χ1v) is 9.21. The van der Waals surface area contributed by atoms with Crippen molar-refractivity contribution in [2.45, 2.75) is 18.9 Å². The van der Waals surface area contributed by atoms with E-state index < -0.39 is 0 Å². The third-order valence-electron chi connectivity index (χ3n) is 4.68. The number of amides is 3. The summed E-state index contributed by atoms with van der Waals surface area (Å²) in [5.41, 5.74) is 1.88. The molecule has 3 amide bonds. The van der Waals surface area contributed by atoms with E-state index in [0.717, 1.165) is 11.3 Å². The second-order valence-corrected chi connectivity index (χ2v) is 6.58. The SMILES string of the molecule is COc1ccc(CCNC(=O)N[C@@H]2CC(=O)N(c3ccccc3)C2)cc1OC. The number of hydrogen-bond donors (Lipinski definition) is 2. The van der Waals surface area contributed by atoms with Crippen LogP contribution < -0.4 is 25.0 Å². The van der Waals surface area contributed by atoms with Crippen molar-refractivity contribution in [2.75, 3.05) is 32.2 Å². The summed E-state index contributed by atoms with van der Waals surface area (Å²) in [7, 11) is 3.19. The first kappa shape index (κ1) is 19.5. The van der Waals surface area contributed by atoms with Crippen LogP contribution in [-0.4, -0.2) is 45.3 Å². The van der Waals surface area contributed by atoms with E-state index in [2.05, 4.69) is 10.6 Å². The monoisotopic (exact) mass is 383 g/mol. The number of benzene rings is 2. The summed E-state index contributed by atoms with van der Waals surface area (Å²) in [6, 6.07) is 14.7. The molecule has 0 radical (unpaired) electrons. The number of anilines is 1. The Hall–Kier alpha value is -3.22. The van der Waals surface area contributed by atoms with E-state index in [1.54, 1.807) is 19.1 Å². The summed E-state index contributed by atoms with van der Waals surface area (Å²) in [4.78, 5) is 26.1. The zero-order valence-electron chi connectivity index (χ0n) is 16.1. The number of methoxy groups -OCH3 is 2. The highest BCUT2D eigenvalue weighted by Gasteiger charge is 2.31. The molecule has 1 atom stereocenters. The number of para-hydroxylation sites is 1. The lowest BCUT2D eigenvalue weighted by molar-refractivity contribution is -0.117. The van der Waals surface area contributed by atoms with Gasteiger partial charge in [0.25, 0.3) is 0 Å². The molecule has 28 heavy (non-hydrogen) atoms. The van der Waals surface area contributed by atoms with Gasteiger partial charge < -0.3 is 25.0 Å². The van der Waals surface area contributed by atoms with Gasteiger partial charge in [0.1, 0.15) is 0 Å². The van der Waals surface area contributed by atoms with Crippen LogP contribution in [0.3, 0.4) is 0 Å². The van der Waals surface area contributed by atoms with E-state index in [1.807, 2.05) is 48.5 Å². The molecule has 7 heteroatoms. The molecule has 0 aliphatic carbocycles. The highest BCUT2D eigenvalue weighted by Crippen LogP contribution is 2.27. The van der Waals surface area contributed by atoms with Crippen LogP contribution >= 0.6 is 0 Å². The summed E-state index contributed by atoms with van der Waals surface area (Å²) >= 11 is 0. The Morgan fingerprint density at radius 2 is 1.86 bits per heavy atom. The zero-order valence-corrected chi connectivity index (χ0v) is 16.1. The molecule has 1 aliphatic rings. The average molecular weight is 383 g/mol. The van der Waals surface area contributed by atoms with Crippen molar-refractivity contribution in [1.29, 1.82) is 0 Å². The highest BCUT2D eigenvalue weighted by atomic mass is 16.5. The lowest BCUT2D eigenvalue weighted by atomic mass is 10.1. The maximum Gasteiger partial charge on any atom is 0.315 e. The quantitative estimate of drug-likeness (QED) is 0.769. The second-order valence-electron chi connectivity index (χ2n) is 6.58. The largest absolute Gasteiger partial charge is 0.493 e. The Morgan fingerprint density at radius 3 is 2.57 bits per heavy atom. The fraction of sp³-hybridized carbons (Fsp3) is 0.333. The first-order valence-electron chi connectivity index (χ1n) is 9.21. The van der Waals surface area contributed by atoms with Gasteiger partial charge >= 0.3 is 6.03 Å². The highest BCUT2D eigenvalue weighted by molar-refractivity contribution is 5.96. The van der Waals surface area contributed by atoms with Crippen LogP contribution in [0, 0.1) is 0 Å². The minimum absolute atomic E-state index is 0.0156. The van der Waals surface area contributed by atoms with E-state index in [1.165, 1.54) is 0 Å². The standard InChI is InChI=1S/C21H25N3O4/c1-27-18-9-8-15(12-19(18)28-2)10-11-22-21(26)23-16-13-20(25)24(14-16)17-6-4-3-5-7-17/h3-9,12,16H,10-11,13-14H2,1-2H3,(H2,22,23,26)/t16-/m1/s1. The number of rotatable bonds is 7. The Kier molecular flexibility index (Phi) is 6.37. The number of nitrogens with one attached hydrogen (secondary N) is 2. The molecule has 1 saturated heterocycles. The van der Waals surface area contributed by atoms with E-state index in [-0.39, 0.29) is 18.0 Å². The molecule has 3 rings (SSSR count). The summed E-state index contributed by atoms with van der Waals surface area (Å²) in [5, 5.41) is 5.72. The molecule has 2 aromatic rings. The van der Waals surface area contributed by atoms with E-state index in [9.17, 15) is 9.59 Å². The van der Waals surface area contributed by atoms with Crippen LogP contribution in [0.2, 0.25) is 0 Å². The van der Waals surface area contributed by atoms with Crippen molar-refractivity contribution in [3.05, 3.63) is 54.1 Å². The molecular weight excluding hydrogens is 358 g/mol. The van der Waals surface area contributed by atoms with Crippen LogP contribution in [0.25, 0.3) is 0 Å². The van der Waals surface area contributed by atoms with Crippen LogP contribution in [-0.2, 0) is 11.2 Å². The Labute approximate surface area is 164 Å². The minimum Gasteiger partial charge on any atom is -0.493 e. The molecule has 1 aliphatic heterocycles. The fourth-order valence-electron chi connectivity index (χ4n) is 3.25. The smallest absolute Gasteiger partial charge is 0.315 e. The molecule has 1 heterocycles. The topological polar surface area (TPSA) is 79.9 Å². The predicted octanol–water partition coefficient (Wildman–Crippen LogP) is 2.35. The van der Waals surface area contributed by atoms with E-state index >= 15 is 0 Å². The third kappa shape index (κ3) is 4.73. The van der Waals surface area contributed by atoms with Gasteiger partial charge in [-0.25, -0.2) is 4.79 Å². The summed E-state index contributed by atoms with van der Waals surface area (Å²) in [6.45, 7) is 0.955. The van der Waals surface area contributed by atoms with Crippen molar-refractivity contribution in [2.24, 2.45) is 0 Å². The van der Waals surface area contributed by atoms with Gasteiger partial charge in [-0.3, -0.25) is 4.79 Å². The maximum absolute atomic E-state index is 12.2. The summed E-state index contributed by atoms with van der Waals surface area (Å²) in [5.74, 6) is 1.35. The lowest BCUT2D eigenvalue weighted by Crippen LogP contribution is -2.43. The van der Waals surface area contributed by atoms with E-state index in [0.29, 0.717) is 37.4 Å². The Balaban J connectivity index is 1.46. The molecule has 0 saturated carbocycles.